The van der Waals surface area contributed by atoms with Gasteiger partial charge >= 0.3 is 0 Å². The second-order valence-corrected chi connectivity index (χ2v) is 6.61. The number of hydrogen-bond acceptors (Lipinski definition) is 5. The van der Waals surface area contributed by atoms with Gasteiger partial charge in [0, 0.05) is 11.5 Å². The molecule has 1 amide bonds. The van der Waals surface area contributed by atoms with E-state index in [0.29, 0.717) is 13.2 Å². The van der Waals surface area contributed by atoms with Crippen LogP contribution < -0.4 is 10.1 Å². The zero-order valence-electron chi connectivity index (χ0n) is 11.5. The Morgan fingerprint density at radius 2 is 2.43 bits per heavy atom. The van der Waals surface area contributed by atoms with Crippen LogP contribution in [0.3, 0.4) is 0 Å². The molecule has 108 valence electrons. The molecule has 1 N–H and O–H groups in total. The molecule has 0 unspecified atom stereocenters. The van der Waals surface area contributed by atoms with E-state index in [1.54, 1.807) is 22.7 Å². The first-order valence-corrected chi connectivity index (χ1v) is 8.19. The molecule has 4 nitrogen and oxygen atoms in total. The summed E-state index contributed by atoms with van der Waals surface area (Å²) in [4.78, 5) is 15.7. The van der Waals surface area contributed by atoms with Crippen LogP contribution in [0.15, 0.2) is 30.2 Å². The van der Waals surface area contributed by atoms with Crippen molar-refractivity contribution in [2.75, 3.05) is 13.2 Å². The number of thiazole rings is 1. The number of benzene rings is 1. The average Bonchev–Trinajstić information content (AvgIpc) is 3.08. The topological polar surface area (TPSA) is 51.2 Å². The van der Waals surface area contributed by atoms with Crippen molar-refractivity contribution in [3.8, 4) is 5.75 Å². The highest BCUT2D eigenvalue weighted by Gasteiger charge is 2.12. The van der Waals surface area contributed by atoms with Gasteiger partial charge < -0.3 is 10.1 Å². The van der Waals surface area contributed by atoms with E-state index in [1.807, 2.05) is 24.4 Å². The molecule has 3 rings (SSSR count). The van der Waals surface area contributed by atoms with Crippen LogP contribution in [-0.2, 0) is 4.79 Å². The number of nitrogens with one attached hydrogen (secondary N) is 1. The molecular weight excluding hydrogens is 304 g/mol. The number of rotatable bonds is 5. The van der Waals surface area contributed by atoms with Gasteiger partial charge in [0.2, 0.25) is 5.91 Å². The Kier molecular flexibility index (Phi) is 3.90. The zero-order valence-corrected chi connectivity index (χ0v) is 13.1. The maximum atomic E-state index is 11.1. The minimum absolute atomic E-state index is 0.187. The molecule has 0 atom stereocenters. The molecule has 2 heterocycles. The molecule has 0 saturated carbocycles. The second kappa shape index (κ2) is 5.83. The van der Waals surface area contributed by atoms with Gasteiger partial charge in [-0.25, -0.2) is 4.98 Å². The molecule has 0 aliphatic carbocycles. The first-order valence-electron chi connectivity index (χ1n) is 6.49. The van der Waals surface area contributed by atoms with Gasteiger partial charge in [0.25, 0.3) is 0 Å². The summed E-state index contributed by atoms with van der Waals surface area (Å²) in [5.74, 6) is 0.656. The number of fused-ring (bicyclic) bond motifs is 3. The number of carbonyl (C=O) groups is 1. The van der Waals surface area contributed by atoms with E-state index in [4.69, 9.17) is 4.74 Å². The van der Waals surface area contributed by atoms with Crippen LogP contribution in [-0.4, -0.2) is 24.0 Å². The fourth-order valence-electron chi connectivity index (χ4n) is 2.11. The zero-order chi connectivity index (χ0) is 14.8. The number of ether oxygens (including phenoxy) is 1. The molecule has 0 fully saturated rings. The summed E-state index contributed by atoms with van der Waals surface area (Å²) in [6.07, 6.45) is 1.25. The number of aromatic nitrogens is 1. The smallest absolute Gasteiger partial charge is 0.243 e. The molecule has 0 bridgehead atoms. The van der Waals surface area contributed by atoms with Crippen LogP contribution in [0.25, 0.3) is 20.3 Å². The van der Waals surface area contributed by atoms with E-state index < -0.39 is 0 Å². The number of hydrogen-bond donors (Lipinski definition) is 1. The van der Waals surface area contributed by atoms with Crippen LogP contribution in [0.4, 0.5) is 0 Å². The Morgan fingerprint density at radius 3 is 3.24 bits per heavy atom. The highest BCUT2D eigenvalue weighted by Crippen LogP contribution is 2.38. The largest absolute Gasteiger partial charge is 0.491 e. The standard InChI is InChI=1S/C15H14N2O2S2/c1-3-13(18)16-5-6-19-11-8-12-14(17-9(2)21-12)15-10(11)4-7-20-15/h3-4,7-8H,1,5-6H2,2H3,(H,16,18). The number of nitrogens with zero attached hydrogens (tertiary/aromatic N) is 1. The molecule has 0 aliphatic heterocycles. The summed E-state index contributed by atoms with van der Waals surface area (Å²) in [7, 11) is 0. The Hall–Kier alpha value is -1.92. The van der Waals surface area contributed by atoms with E-state index in [-0.39, 0.29) is 5.91 Å². The highest BCUT2D eigenvalue weighted by molar-refractivity contribution is 7.21. The predicted molar refractivity (Wildman–Crippen MR) is 88.4 cm³/mol. The first kappa shape index (κ1) is 14.0. The number of thiophene rings is 1. The maximum Gasteiger partial charge on any atom is 0.243 e. The molecule has 0 radical (unpaired) electrons. The molecule has 21 heavy (non-hydrogen) atoms. The molecule has 0 spiro atoms. The number of aryl methyl sites for hydroxylation is 1. The van der Waals surface area contributed by atoms with Crippen molar-refractivity contribution in [1.29, 1.82) is 0 Å². The third-order valence-electron chi connectivity index (χ3n) is 3.01. The lowest BCUT2D eigenvalue weighted by atomic mass is 10.2. The van der Waals surface area contributed by atoms with Gasteiger partial charge in [0.05, 0.1) is 26.5 Å². The molecule has 2 aromatic heterocycles. The molecule has 1 aromatic carbocycles. The molecular formula is C15H14N2O2S2. The van der Waals surface area contributed by atoms with Crippen LogP contribution in [0.5, 0.6) is 5.75 Å². The minimum Gasteiger partial charge on any atom is -0.491 e. The molecule has 3 aromatic rings. The Balaban J connectivity index is 1.85. The van der Waals surface area contributed by atoms with E-state index >= 15 is 0 Å². The van der Waals surface area contributed by atoms with Crippen molar-refractivity contribution in [3.63, 3.8) is 0 Å². The summed E-state index contributed by atoms with van der Waals surface area (Å²) in [5.41, 5.74) is 1.05. The predicted octanol–water partition coefficient (Wildman–Crippen LogP) is 3.50. The van der Waals surface area contributed by atoms with Crippen molar-refractivity contribution in [2.45, 2.75) is 6.92 Å². The van der Waals surface area contributed by atoms with Crippen molar-refractivity contribution in [1.82, 2.24) is 10.3 Å². The summed E-state index contributed by atoms with van der Waals surface area (Å²) < 4.78 is 8.11. The second-order valence-electron chi connectivity index (χ2n) is 4.46. The average molecular weight is 318 g/mol. The van der Waals surface area contributed by atoms with E-state index in [9.17, 15) is 4.79 Å². The lowest BCUT2D eigenvalue weighted by molar-refractivity contribution is -0.116. The normalized spacial score (nSPS) is 10.9. The number of amides is 1. The maximum absolute atomic E-state index is 11.1. The van der Waals surface area contributed by atoms with Gasteiger partial charge in [0.1, 0.15) is 12.4 Å². The summed E-state index contributed by atoms with van der Waals surface area (Å²) in [6, 6.07) is 4.08. The number of carbonyl (C=O) groups excluding carboxylic acids is 1. The van der Waals surface area contributed by atoms with Crippen molar-refractivity contribution >= 4 is 48.9 Å². The van der Waals surface area contributed by atoms with E-state index in [1.165, 1.54) is 6.08 Å². The van der Waals surface area contributed by atoms with Crippen molar-refractivity contribution < 1.29 is 9.53 Å². The molecule has 0 saturated heterocycles. The molecule has 0 aliphatic rings. The lowest BCUT2D eigenvalue weighted by Crippen LogP contribution is -2.26. The third-order valence-corrected chi connectivity index (χ3v) is 4.85. The lowest BCUT2D eigenvalue weighted by Gasteiger charge is -2.08. The van der Waals surface area contributed by atoms with Crippen LogP contribution in [0.1, 0.15) is 5.01 Å². The minimum atomic E-state index is -0.187. The van der Waals surface area contributed by atoms with Gasteiger partial charge in [-0.2, -0.15) is 0 Å². The first-order chi connectivity index (χ1) is 10.2. The summed E-state index contributed by atoms with van der Waals surface area (Å²) in [5, 5.41) is 6.87. The van der Waals surface area contributed by atoms with Gasteiger partial charge in [-0.3, -0.25) is 4.79 Å². The van der Waals surface area contributed by atoms with Gasteiger partial charge in [-0.05, 0) is 24.4 Å². The van der Waals surface area contributed by atoms with Crippen LogP contribution >= 0.6 is 22.7 Å². The SMILES string of the molecule is C=CC(=O)NCCOc1cc2sc(C)nc2c2sccc12. The summed E-state index contributed by atoms with van der Waals surface area (Å²) >= 11 is 3.34. The highest BCUT2D eigenvalue weighted by atomic mass is 32.1. The Labute approximate surface area is 130 Å². The molecule has 6 heteroatoms. The van der Waals surface area contributed by atoms with Gasteiger partial charge in [-0.15, -0.1) is 22.7 Å². The van der Waals surface area contributed by atoms with Gasteiger partial charge in [0.15, 0.2) is 0 Å². The Morgan fingerprint density at radius 1 is 1.57 bits per heavy atom. The van der Waals surface area contributed by atoms with E-state index in [2.05, 4.69) is 16.9 Å². The summed E-state index contributed by atoms with van der Waals surface area (Å²) in [6.45, 7) is 6.30. The van der Waals surface area contributed by atoms with Crippen molar-refractivity contribution in [3.05, 3.63) is 35.2 Å². The quantitative estimate of drug-likeness (QED) is 0.578. The van der Waals surface area contributed by atoms with Crippen LogP contribution in [0.2, 0.25) is 0 Å². The van der Waals surface area contributed by atoms with Crippen molar-refractivity contribution in [2.24, 2.45) is 0 Å². The Bertz CT molecular complexity index is 820. The monoisotopic (exact) mass is 318 g/mol. The third kappa shape index (κ3) is 2.77. The fourth-order valence-corrected chi connectivity index (χ4v) is 3.95. The van der Waals surface area contributed by atoms with Gasteiger partial charge in [-0.1, -0.05) is 6.58 Å². The van der Waals surface area contributed by atoms with Crippen LogP contribution in [0, 0.1) is 6.92 Å². The van der Waals surface area contributed by atoms with E-state index in [0.717, 1.165) is 31.1 Å². The fraction of sp³-hybridized carbons (Fsp3) is 0.200.